The van der Waals surface area contributed by atoms with Crippen LogP contribution in [0, 0.1) is 11.3 Å². The van der Waals surface area contributed by atoms with Gasteiger partial charge in [-0.2, -0.15) is 27.2 Å². The van der Waals surface area contributed by atoms with Gasteiger partial charge in [0.2, 0.25) is 0 Å². The summed E-state index contributed by atoms with van der Waals surface area (Å²) in [7, 11) is 0. The molecule has 0 radical (unpaired) electrons. The standard InChI is InChI=1S/C16H10F6N2O/c17-14(15(18,19)16(20,21)22)10-3-6-13(12(24)7-10)25-11-4-1-9(8-23)2-5-11/h1-7,14H,24H2. The van der Waals surface area contributed by atoms with E-state index in [0.29, 0.717) is 11.6 Å². The van der Waals surface area contributed by atoms with Crippen LogP contribution in [0.1, 0.15) is 17.3 Å². The van der Waals surface area contributed by atoms with Crippen LogP contribution in [0.3, 0.4) is 0 Å². The van der Waals surface area contributed by atoms with Gasteiger partial charge in [-0.1, -0.05) is 6.07 Å². The lowest BCUT2D eigenvalue weighted by Gasteiger charge is -2.23. The SMILES string of the molecule is N#Cc1ccc(Oc2ccc(C(F)C(F)(F)C(F)(F)F)cc2N)cc1. The molecule has 0 fully saturated rings. The number of alkyl halides is 6. The zero-order chi connectivity index (χ0) is 18.8. The highest BCUT2D eigenvalue weighted by Gasteiger charge is 2.63. The fourth-order valence-electron chi connectivity index (χ4n) is 1.90. The molecule has 3 nitrogen and oxygen atoms in total. The molecule has 1 atom stereocenters. The van der Waals surface area contributed by atoms with E-state index < -0.39 is 23.8 Å². The molecule has 0 heterocycles. The van der Waals surface area contributed by atoms with E-state index in [4.69, 9.17) is 15.7 Å². The number of nitrogen functional groups attached to an aromatic ring is 1. The highest BCUT2D eigenvalue weighted by Crippen LogP contribution is 2.47. The van der Waals surface area contributed by atoms with Crippen LogP contribution in [0.15, 0.2) is 42.5 Å². The Kier molecular flexibility index (Phi) is 4.83. The van der Waals surface area contributed by atoms with Crippen LogP contribution in [-0.4, -0.2) is 12.1 Å². The Morgan fingerprint density at radius 1 is 1.00 bits per heavy atom. The summed E-state index contributed by atoms with van der Waals surface area (Å²) in [5, 5.41) is 8.68. The predicted octanol–water partition coefficient (Wildman–Crippen LogP) is 5.14. The fourth-order valence-corrected chi connectivity index (χ4v) is 1.90. The summed E-state index contributed by atoms with van der Waals surface area (Å²) in [6.07, 6.45) is -9.63. The van der Waals surface area contributed by atoms with Crippen LogP contribution in [0.2, 0.25) is 0 Å². The molecular formula is C16H10F6N2O. The van der Waals surface area contributed by atoms with Crippen molar-refractivity contribution in [2.45, 2.75) is 18.3 Å². The van der Waals surface area contributed by atoms with Crippen LogP contribution in [0.25, 0.3) is 0 Å². The molecule has 0 saturated heterocycles. The Labute approximate surface area is 138 Å². The first-order valence-electron chi connectivity index (χ1n) is 6.72. The van der Waals surface area contributed by atoms with Crippen molar-refractivity contribution in [2.24, 2.45) is 0 Å². The second kappa shape index (κ2) is 6.55. The minimum atomic E-state index is -6.03. The van der Waals surface area contributed by atoms with Crippen molar-refractivity contribution in [1.29, 1.82) is 5.26 Å². The van der Waals surface area contributed by atoms with E-state index in [2.05, 4.69) is 0 Å². The van der Waals surface area contributed by atoms with Crippen molar-refractivity contribution in [3.05, 3.63) is 53.6 Å². The van der Waals surface area contributed by atoms with Crippen LogP contribution in [0.4, 0.5) is 32.0 Å². The Morgan fingerprint density at radius 3 is 2.08 bits per heavy atom. The summed E-state index contributed by atoms with van der Waals surface area (Å²) in [6, 6.07) is 10.0. The summed E-state index contributed by atoms with van der Waals surface area (Å²) >= 11 is 0. The van der Waals surface area contributed by atoms with Crippen LogP contribution >= 0.6 is 0 Å². The first-order chi connectivity index (χ1) is 11.6. The Balaban J connectivity index is 2.24. The van der Waals surface area contributed by atoms with Crippen molar-refractivity contribution in [3.63, 3.8) is 0 Å². The minimum Gasteiger partial charge on any atom is -0.455 e. The summed E-state index contributed by atoms with van der Waals surface area (Å²) in [5.41, 5.74) is 4.67. The lowest BCUT2D eigenvalue weighted by atomic mass is 10.0. The Morgan fingerprint density at radius 2 is 1.60 bits per heavy atom. The van der Waals surface area contributed by atoms with Crippen LogP contribution in [0.5, 0.6) is 11.5 Å². The summed E-state index contributed by atoms with van der Waals surface area (Å²) in [4.78, 5) is 0. The summed E-state index contributed by atoms with van der Waals surface area (Å²) in [6.45, 7) is 0. The zero-order valence-corrected chi connectivity index (χ0v) is 12.3. The first kappa shape index (κ1) is 18.4. The molecule has 132 valence electrons. The third-order valence-electron chi connectivity index (χ3n) is 3.23. The van der Waals surface area contributed by atoms with Gasteiger partial charge in [-0.15, -0.1) is 0 Å². The van der Waals surface area contributed by atoms with Gasteiger partial charge in [0.25, 0.3) is 0 Å². The normalized spacial score (nSPS) is 13.2. The smallest absolute Gasteiger partial charge is 0.455 e. The number of nitrogens with two attached hydrogens (primary N) is 1. The quantitative estimate of drug-likeness (QED) is 0.607. The highest BCUT2D eigenvalue weighted by molar-refractivity contribution is 5.56. The number of rotatable bonds is 4. The molecule has 2 rings (SSSR count). The number of benzene rings is 2. The largest absolute Gasteiger partial charge is 0.456 e. The molecule has 0 spiro atoms. The van der Waals surface area contributed by atoms with Gasteiger partial charge in [-0.05, 0) is 42.0 Å². The number of nitrogens with zero attached hydrogens (tertiary/aromatic N) is 1. The lowest BCUT2D eigenvalue weighted by molar-refractivity contribution is -0.305. The maximum absolute atomic E-state index is 13.6. The molecule has 2 aromatic rings. The van der Waals surface area contributed by atoms with Gasteiger partial charge in [-0.3, -0.25) is 0 Å². The molecule has 9 heteroatoms. The van der Waals surface area contributed by atoms with Gasteiger partial charge >= 0.3 is 12.1 Å². The minimum absolute atomic E-state index is 0.0593. The molecule has 0 aliphatic rings. The third kappa shape index (κ3) is 3.79. The number of anilines is 1. The van der Waals surface area contributed by atoms with E-state index in [1.165, 1.54) is 24.3 Å². The predicted molar refractivity (Wildman–Crippen MR) is 76.9 cm³/mol. The van der Waals surface area contributed by atoms with E-state index in [0.717, 1.165) is 12.1 Å². The van der Waals surface area contributed by atoms with Crippen molar-refractivity contribution in [3.8, 4) is 17.6 Å². The molecule has 0 aromatic heterocycles. The second-order valence-corrected chi connectivity index (χ2v) is 5.02. The van der Waals surface area contributed by atoms with Crippen LogP contribution in [-0.2, 0) is 0 Å². The van der Waals surface area contributed by atoms with Gasteiger partial charge in [0.15, 0.2) is 6.17 Å². The monoisotopic (exact) mass is 360 g/mol. The van der Waals surface area contributed by atoms with E-state index in [-0.39, 0.29) is 17.2 Å². The molecule has 0 amide bonds. The molecule has 0 aliphatic carbocycles. The maximum Gasteiger partial charge on any atom is 0.456 e. The molecule has 25 heavy (non-hydrogen) atoms. The van der Waals surface area contributed by atoms with Gasteiger partial charge in [0, 0.05) is 0 Å². The number of halogens is 6. The van der Waals surface area contributed by atoms with E-state index in [1.54, 1.807) is 0 Å². The third-order valence-corrected chi connectivity index (χ3v) is 3.23. The average molecular weight is 360 g/mol. The summed E-state index contributed by atoms with van der Waals surface area (Å²) < 4.78 is 81.8. The van der Waals surface area contributed by atoms with Crippen molar-refractivity contribution in [1.82, 2.24) is 0 Å². The van der Waals surface area contributed by atoms with Crippen molar-refractivity contribution >= 4 is 5.69 Å². The highest BCUT2D eigenvalue weighted by atomic mass is 19.4. The molecule has 0 bridgehead atoms. The van der Waals surface area contributed by atoms with Crippen molar-refractivity contribution < 1.29 is 31.1 Å². The maximum atomic E-state index is 13.6. The number of nitriles is 1. The Hall–Kier alpha value is -2.89. The van der Waals surface area contributed by atoms with E-state index >= 15 is 0 Å². The van der Waals surface area contributed by atoms with Gasteiger partial charge in [-0.25, -0.2) is 4.39 Å². The van der Waals surface area contributed by atoms with Gasteiger partial charge < -0.3 is 10.5 Å². The lowest BCUT2D eigenvalue weighted by Crippen LogP contribution is -2.40. The average Bonchev–Trinajstić information content (AvgIpc) is 2.55. The van der Waals surface area contributed by atoms with Crippen molar-refractivity contribution in [2.75, 3.05) is 5.73 Å². The number of hydrogen-bond donors (Lipinski definition) is 1. The van der Waals surface area contributed by atoms with Gasteiger partial charge in [0.1, 0.15) is 11.5 Å². The topological polar surface area (TPSA) is 59.0 Å². The zero-order valence-electron chi connectivity index (χ0n) is 12.3. The first-order valence-corrected chi connectivity index (χ1v) is 6.72. The molecule has 2 aromatic carbocycles. The number of hydrogen-bond acceptors (Lipinski definition) is 3. The van der Waals surface area contributed by atoms with Gasteiger partial charge in [0.05, 0.1) is 17.3 Å². The van der Waals surface area contributed by atoms with E-state index in [1.807, 2.05) is 6.07 Å². The molecule has 1 unspecified atom stereocenters. The molecule has 0 saturated carbocycles. The van der Waals surface area contributed by atoms with Crippen LogP contribution < -0.4 is 10.5 Å². The molecular weight excluding hydrogens is 350 g/mol. The molecule has 2 N–H and O–H groups in total. The Bertz CT molecular complexity index is 796. The number of ether oxygens (including phenoxy) is 1. The fraction of sp³-hybridized carbons (Fsp3) is 0.188. The van der Waals surface area contributed by atoms with E-state index in [9.17, 15) is 26.3 Å². The summed E-state index contributed by atoms with van der Waals surface area (Å²) in [5.74, 6) is -5.36. The second-order valence-electron chi connectivity index (χ2n) is 5.02. The molecule has 0 aliphatic heterocycles.